The molecule has 9 heteroatoms. The highest BCUT2D eigenvalue weighted by molar-refractivity contribution is 7.13. The molecule has 0 unspecified atom stereocenters. The zero-order chi connectivity index (χ0) is 10.8. The predicted molar refractivity (Wildman–Crippen MR) is 38.0 cm³/mol. The van der Waals surface area contributed by atoms with Gasteiger partial charge in [0.15, 0.2) is 6.61 Å². The van der Waals surface area contributed by atoms with Crippen LogP contribution in [0.2, 0.25) is 0 Å². The zero-order valence-corrected chi connectivity index (χ0v) is 7.22. The largest absolute Gasteiger partial charge is 0.479 e. The van der Waals surface area contributed by atoms with Crippen LogP contribution in [0.15, 0.2) is 0 Å². The maximum absolute atomic E-state index is 11.9. The van der Waals surface area contributed by atoms with Crippen molar-refractivity contribution in [1.29, 1.82) is 0 Å². The summed E-state index contributed by atoms with van der Waals surface area (Å²) in [7, 11) is 0. The van der Waals surface area contributed by atoms with Crippen LogP contribution in [0.4, 0.5) is 13.2 Å². The van der Waals surface area contributed by atoms with E-state index < -0.39 is 29.0 Å². The molecule has 1 rings (SSSR count). The fraction of sp³-hybridized carbons (Fsp3) is 0.400. The Kier molecular flexibility index (Phi) is 2.89. The number of hydrogen-bond acceptors (Lipinski definition) is 5. The van der Waals surface area contributed by atoms with Gasteiger partial charge in [-0.05, 0) is 0 Å². The summed E-state index contributed by atoms with van der Waals surface area (Å²) in [5.41, 5.74) is 0. The second kappa shape index (κ2) is 3.78. The van der Waals surface area contributed by atoms with E-state index in [2.05, 4.69) is 14.9 Å². The molecule has 0 atom stereocenters. The Morgan fingerprint density at radius 1 is 1.50 bits per heavy atom. The summed E-state index contributed by atoms with van der Waals surface area (Å²) < 4.78 is 40.2. The van der Waals surface area contributed by atoms with Gasteiger partial charge in [0.25, 0.3) is 5.19 Å². The first-order chi connectivity index (χ1) is 6.39. The zero-order valence-electron chi connectivity index (χ0n) is 6.41. The number of aromatic nitrogens is 2. The average molecular weight is 228 g/mol. The van der Waals surface area contributed by atoms with E-state index >= 15 is 0 Å². The Balaban J connectivity index is 2.64. The summed E-state index contributed by atoms with van der Waals surface area (Å²) >= 11 is 0.149. The lowest BCUT2D eigenvalue weighted by molar-refractivity contribution is -0.139. The van der Waals surface area contributed by atoms with Crippen molar-refractivity contribution in [1.82, 2.24) is 10.2 Å². The van der Waals surface area contributed by atoms with Crippen LogP contribution < -0.4 is 4.74 Å². The van der Waals surface area contributed by atoms with E-state index in [0.717, 1.165) is 0 Å². The van der Waals surface area contributed by atoms with Gasteiger partial charge in [-0.15, -0.1) is 5.10 Å². The van der Waals surface area contributed by atoms with Gasteiger partial charge in [-0.1, -0.05) is 16.4 Å². The molecule has 1 N–H and O–H groups in total. The molecule has 14 heavy (non-hydrogen) atoms. The minimum atomic E-state index is -4.58. The van der Waals surface area contributed by atoms with Gasteiger partial charge in [-0.3, -0.25) is 0 Å². The lowest BCUT2D eigenvalue weighted by Crippen LogP contribution is -2.09. The van der Waals surface area contributed by atoms with E-state index in [9.17, 15) is 18.0 Å². The number of carboxylic acids is 1. The van der Waals surface area contributed by atoms with Crippen molar-refractivity contribution in [2.45, 2.75) is 6.18 Å². The van der Waals surface area contributed by atoms with Crippen LogP contribution in [-0.2, 0) is 11.0 Å². The van der Waals surface area contributed by atoms with E-state index in [1.165, 1.54) is 0 Å². The molecule has 0 aromatic carbocycles. The molecular formula is C5H3F3N2O3S. The molecule has 0 aliphatic carbocycles. The quantitative estimate of drug-likeness (QED) is 0.836. The minimum Gasteiger partial charge on any atom is -0.479 e. The van der Waals surface area contributed by atoms with Crippen molar-refractivity contribution in [3.8, 4) is 5.19 Å². The van der Waals surface area contributed by atoms with E-state index in [-0.39, 0.29) is 11.3 Å². The van der Waals surface area contributed by atoms with Gasteiger partial charge in [-0.2, -0.15) is 13.2 Å². The Bertz CT molecular complexity index is 337. The van der Waals surface area contributed by atoms with Crippen LogP contribution in [0.5, 0.6) is 5.19 Å². The number of carbonyl (C=O) groups is 1. The van der Waals surface area contributed by atoms with Crippen molar-refractivity contribution >= 4 is 17.3 Å². The summed E-state index contributed by atoms with van der Waals surface area (Å²) in [6.07, 6.45) is -4.58. The van der Waals surface area contributed by atoms with Crippen molar-refractivity contribution in [3.05, 3.63) is 5.01 Å². The fourth-order valence-corrected chi connectivity index (χ4v) is 1.07. The van der Waals surface area contributed by atoms with E-state index in [4.69, 9.17) is 5.11 Å². The highest BCUT2D eigenvalue weighted by atomic mass is 32.1. The van der Waals surface area contributed by atoms with Crippen LogP contribution in [0.1, 0.15) is 5.01 Å². The average Bonchev–Trinajstić information content (AvgIpc) is 2.47. The van der Waals surface area contributed by atoms with Crippen molar-refractivity contribution < 1.29 is 27.8 Å². The van der Waals surface area contributed by atoms with Crippen LogP contribution >= 0.6 is 11.3 Å². The second-order valence-corrected chi connectivity index (χ2v) is 2.99. The van der Waals surface area contributed by atoms with E-state index in [1.807, 2.05) is 0 Å². The van der Waals surface area contributed by atoms with Gasteiger partial charge in [0.05, 0.1) is 0 Å². The molecule has 0 fully saturated rings. The number of rotatable bonds is 3. The molecule has 0 aliphatic rings. The predicted octanol–water partition coefficient (Wildman–Crippen LogP) is 1.02. The van der Waals surface area contributed by atoms with Crippen molar-refractivity contribution in [2.75, 3.05) is 6.61 Å². The Labute approximate surface area is 79.1 Å². The normalized spacial score (nSPS) is 11.4. The number of carboxylic acid groups (broad SMARTS) is 1. The monoisotopic (exact) mass is 228 g/mol. The number of alkyl halides is 3. The number of hydrogen-bond donors (Lipinski definition) is 1. The Morgan fingerprint density at radius 2 is 2.14 bits per heavy atom. The van der Waals surface area contributed by atoms with Crippen molar-refractivity contribution in [2.24, 2.45) is 0 Å². The van der Waals surface area contributed by atoms with Crippen molar-refractivity contribution in [3.63, 3.8) is 0 Å². The van der Waals surface area contributed by atoms with Gasteiger partial charge in [0.2, 0.25) is 5.01 Å². The molecule has 0 aliphatic heterocycles. The summed E-state index contributed by atoms with van der Waals surface area (Å²) in [5, 5.41) is 12.4. The molecule has 0 amide bonds. The molecule has 1 heterocycles. The molecule has 0 spiro atoms. The lowest BCUT2D eigenvalue weighted by Gasteiger charge is -1.97. The number of ether oxygens (including phenoxy) is 1. The maximum Gasteiger partial charge on any atom is 0.445 e. The molecule has 0 bridgehead atoms. The van der Waals surface area contributed by atoms with Gasteiger partial charge in [0.1, 0.15) is 0 Å². The van der Waals surface area contributed by atoms with Gasteiger partial charge in [0, 0.05) is 0 Å². The second-order valence-electron chi connectivity index (χ2n) is 2.05. The SMILES string of the molecule is O=C(O)COc1nnc(C(F)(F)F)s1. The van der Waals surface area contributed by atoms with Gasteiger partial charge < -0.3 is 9.84 Å². The van der Waals surface area contributed by atoms with Gasteiger partial charge >= 0.3 is 12.1 Å². The third-order valence-electron chi connectivity index (χ3n) is 0.968. The van der Waals surface area contributed by atoms with Crippen LogP contribution in [0.25, 0.3) is 0 Å². The first kappa shape index (κ1) is 10.7. The molecule has 0 radical (unpaired) electrons. The van der Waals surface area contributed by atoms with E-state index in [1.54, 1.807) is 0 Å². The fourth-order valence-electron chi connectivity index (χ4n) is 0.506. The highest BCUT2D eigenvalue weighted by Gasteiger charge is 2.36. The van der Waals surface area contributed by atoms with Crippen LogP contribution in [-0.4, -0.2) is 27.9 Å². The highest BCUT2D eigenvalue weighted by Crippen LogP contribution is 2.33. The summed E-state index contributed by atoms with van der Waals surface area (Å²) in [6, 6.07) is 0. The summed E-state index contributed by atoms with van der Waals surface area (Å²) in [6.45, 7) is -0.744. The molecule has 78 valence electrons. The first-order valence-electron chi connectivity index (χ1n) is 3.15. The molecule has 5 nitrogen and oxygen atoms in total. The first-order valence-corrected chi connectivity index (χ1v) is 3.96. The maximum atomic E-state index is 11.9. The third kappa shape index (κ3) is 2.83. The van der Waals surface area contributed by atoms with Crippen LogP contribution in [0, 0.1) is 0 Å². The number of aliphatic carboxylic acids is 1. The number of halogens is 3. The standard InChI is InChI=1S/C5H3F3N2O3S/c6-5(7,8)3-9-10-4(14-3)13-1-2(11)12/h1H2,(H,11,12). The smallest absolute Gasteiger partial charge is 0.445 e. The Hall–Kier alpha value is -1.38. The number of nitrogens with zero attached hydrogens (tertiary/aromatic N) is 2. The molecule has 1 aromatic rings. The van der Waals surface area contributed by atoms with E-state index in [0.29, 0.717) is 0 Å². The lowest BCUT2D eigenvalue weighted by atomic mass is 10.7. The molecule has 1 aromatic heterocycles. The van der Waals surface area contributed by atoms with Gasteiger partial charge in [-0.25, -0.2) is 4.79 Å². The minimum absolute atomic E-state index is 0.149. The molecule has 0 saturated heterocycles. The Morgan fingerprint density at radius 3 is 2.57 bits per heavy atom. The summed E-state index contributed by atoms with van der Waals surface area (Å²) in [5.74, 6) is -1.30. The third-order valence-corrected chi connectivity index (χ3v) is 1.85. The molecular weight excluding hydrogens is 225 g/mol. The molecule has 0 saturated carbocycles. The topological polar surface area (TPSA) is 72.3 Å². The summed E-state index contributed by atoms with van der Waals surface area (Å²) in [4.78, 5) is 9.99. The van der Waals surface area contributed by atoms with Crippen LogP contribution in [0.3, 0.4) is 0 Å².